The molecule has 0 fully saturated rings. The van der Waals surface area contributed by atoms with Gasteiger partial charge in [0, 0.05) is 11.7 Å². The van der Waals surface area contributed by atoms with E-state index in [0.717, 1.165) is 11.3 Å². The molecule has 7 nitrogen and oxygen atoms in total. The monoisotopic (exact) mass is 422 g/mol. The fraction of sp³-hybridized carbons (Fsp3) is 0.136. The number of hydrogen-bond donors (Lipinski definition) is 3. The van der Waals surface area contributed by atoms with E-state index in [1.807, 2.05) is 37.3 Å². The van der Waals surface area contributed by atoms with E-state index in [0.29, 0.717) is 16.5 Å². The van der Waals surface area contributed by atoms with Crippen LogP contribution in [0.15, 0.2) is 64.1 Å². The average Bonchev–Trinajstić information content (AvgIpc) is 3.08. The van der Waals surface area contributed by atoms with Gasteiger partial charge >= 0.3 is 0 Å². The predicted octanol–water partition coefficient (Wildman–Crippen LogP) is 4.90. The van der Waals surface area contributed by atoms with Gasteiger partial charge in [0.25, 0.3) is 11.5 Å². The van der Waals surface area contributed by atoms with Crippen LogP contribution in [0.1, 0.15) is 34.6 Å². The molecule has 1 amide bonds. The van der Waals surface area contributed by atoms with Crippen LogP contribution in [0.5, 0.6) is 0 Å². The van der Waals surface area contributed by atoms with Gasteiger partial charge in [-0.25, -0.2) is 4.98 Å². The fourth-order valence-corrected chi connectivity index (χ4v) is 3.52. The van der Waals surface area contributed by atoms with Crippen molar-refractivity contribution in [2.24, 2.45) is 0 Å². The van der Waals surface area contributed by atoms with E-state index < -0.39 is 11.5 Å². The van der Waals surface area contributed by atoms with E-state index in [4.69, 9.17) is 16.0 Å². The summed E-state index contributed by atoms with van der Waals surface area (Å²) in [5.74, 6) is -0.160. The van der Waals surface area contributed by atoms with Crippen molar-refractivity contribution in [3.05, 3.63) is 87.1 Å². The number of halogens is 1. The van der Waals surface area contributed by atoms with Gasteiger partial charge in [0.1, 0.15) is 11.1 Å². The van der Waals surface area contributed by atoms with Crippen LogP contribution in [0.4, 0.5) is 11.4 Å². The highest BCUT2D eigenvalue weighted by molar-refractivity contribution is 6.33. The van der Waals surface area contributed by atoms with Gasteiger partial charge in [0.05, 0.1) is 22.6 Å². The summed E-state index contributed by atoms with van der Waals surface area (Å²) in [6.45, 7) is 3.65. The predicted molar refractivity (Wildman–Crippen MR) is 117 cm³/mol. The second kappa shape index (κ2) is 8.04. The first-order valence-corrected chi connectivity index (χ1v) is 9.71. The molecule has 0 saturated carbocycles. The van der Waals surface area contributed by atoms with Gasteiger partial charge in [-0.1, -0.05) is 41.9 Å². The Bertz CT molecular complexity index is 1280. The molecule has 0 bridgehead atoms. The van der Waals surface area contributed by atoms with Gasteiger partial charge in [-0.05, 0) is 37.6 Å². The molecule has 0 aliphatic rings. The van der Waals surface area contributed by atoms with Crippen LogP contribution in [0.25, 0.3) is 11.1 Å². The molecule has 2 heterocycles. The normalized spacial score (nSPS) is 12.0. The molecule has 152 valence electrons. The second-order valence-corrected chi connectivity index (χ2v) is 7.28. The van der Waals surface area contributed by atoms with Gasteiger partial charge in [0.2, 0.25) is 5.71 Å². The van der Waals surface area contributed by atoms with Gasteiger partial charge in [0.15, 0.2) is 0 Å². The van der Waals surface area contributed by atoms with E-state index in [1.54, 1.807) is 25.1 Å². The Morgan fingerprint density at radius 2 is 1.97 bits per heavy atom. The summed E-state index contributed by atoms with van der Waals surface area (Å²) in [4.78, 5) is 31.4. The van der Waals surface area contributed by atoms with Crippen LogP contribution in [-0.2, 0) is 0 Å². The Morgan fingerprint density at radius 1 is 1.20 bits per heavy atom. The number of rotatable bonds is 5. The number of fused-ring (bicyclic) bond motifs is 1. The molecular formula is C22H19ClN4O3. The Hall–Kier alpha value is -3.58. The third kappa shape index (κ3) is 3.79. The smallest absolute Gasteiger partial charge is 0.262 e. The molecule has 8 heteroatoms. The number of hydrogen-bond acceptors (Lipinski definition) is 5. The topological polar surface area (TPSA) is 100 Å². The van der Waals surface area contributed by atoms with E-state index >= 15 is 0 Å². The zero-order valence-electron chi connectivity index (χ0n) is 16.3. The van der Waals surface area contributed by atoms with Crippen LogP contribution < -0.4 is 16.2 Å². The van der Waals surface area contributed by atoms with Gasteiger partial charge in [-0.3, -0.25) is 9.59 Å². The number of amides is 1. The Kier molecular flexibility index (Phi) is 5.29. The quantitative estimate of drug-likeness (QED) is 0.424. The minimum absolute atomic E-state index is 0.0586. The van der Waals surface area contributed by atoms with Crippen molar-refractivity contribution in [2.75, 3.05) is 10.6 Å². The van der Waals surface area contributed by atoms with Crippen LogP contribution >= 0.6 is 11.6 Å². The van der Waals surface area contributed by atoms with E-state index in [2.05, 4.69) is 20.6 Å². The third-order valence-corrected chi connectivity index (χ3v) is 5.11. The fourth-order valence-electron chi connectivity index (χ4n) is 3.29. The zero-order valence-corrected chi connectivity index (χ0v) is 17.1. The standard InChI is InChI=1S/C22H19ClN4O3/c1-12(14-6-4-3-5-7-14)26-17-9-8-15(10-16(17)23)27-21(29)18-13(2)30-22-19(18)20(28)24-11-25-22/h3-12,26H,1-2H3,(H,27,29)(H,24,25,28). The number of anilines is 2. The average molecular weight is 423 g/mol. The van der Waals surface area contributed by atoms with Crippen molar-refractivity contribution in [3.8, 4) is 0 Å². The Balaban J connectivity index is 1.55. The largest absolute Gasteiger partial charge is 0.442 e. The number of benzene rings is 2. The van der Waals surface area contributed by atoms with Crippen molar-refractivity contribution in [1.82, 2.24) is 9.97 Å². The maximum atomic E-state index is 12.8. The molecule has 4 rings (SSSR count). The molecule has 0 saturated heterocycles. The number of H-pyrrole nitrogens is 1. The molecule has 2 aromatic heterocycles. The molecule has 1 atom stereocenters. The number of furan rings is 1. The molecule has 0 radical (unpaired) electrons. The Morgan fingerprint density at radius 3 is 2.70 bits per heavy atom. The van der Waals surface area contributed by atoms with E-state index in [9.17, 15) is 9.59 Å². The zero-order chi connectivity index (χ0) is 21.3. The van der Waals surface area contributed by atoms with Gasteiger partial charge in [-0.15, -0.1) is 0 Å². The van der Waals surface area contributed by atoms with Crippen molar-refractivity contribution < 1.29 is 9.21 Å². The molecule has 0 spiro atoms. The number of carbonyl (C=O) groups is 1. The lowest BCUT2D eigenvalue weighted by molar-refractivity contribution is 0.102. The van der Waals surface area contributed by atoms with Gasteiger partial charge < -0.3 is 20.0 Å². The molecule has 3 N–H and O–H groups in total. The van der Waals surface area contributed by atoms with Crippen LogP contribution in [0, 0.1) is 6.92 Å². The van der Waals surface area contributed by atoms with Crippen molar-refractivity contribution in [2.45, 2.75) is 19.9 Å². The summed E-state index contributed by atoms with van der Waals surface area (Å²) in [6, 6.07) is 15.3. The highest BCUT2D eigenvalue weighted by atomic mass is 35.5. The number of nitrogens with one attached hydrogen (secondary N) is 3. The maximum Gasteiger partial charge on any atom is 0.262 e. The molecule has 1 unspecified atom stereocenters. The lowest BCUT2D eigenvalue weighted by Crippen LogP contribution is -2.16. The summed E-state index contributed by atoms with van der Waals surface area (Å²) >= 11 is 6.42. The number of carbonyl (C=O) groups excluding carboxylic acids is 1. The summed E-state index contributed by atoms with van der Waals surface area (Å²) < 4.78 is 5.44. The van der Waals surface area contributed by atoms with Crippen molar-refractivity contribution in [3.63, 3.8) is 0 Å². The number of nitrogens with zero attached hydrogens (tertiary/aromatic N) is 1. The maximum absolute atomic E-state index is 12.8. The molecule has 4 aromatic rings. The minimum atomic E-state index is -0.473. The highest BCUT2D eigenvalue weighted by Crippen LogP contribution is 2.30. The van der Waals surface area contributed by atoms with E-state index in [1.165, 1.54) is 6.33 Å². The summed E-state index contributed by atoms with van der Waals surface area (Å²) in [6.07, 6.45) is 1.23. The Labute approximate surface area is 177 Å². The third-order valence-electron chi connectivity index (χ3n) is 4.80. The molecule has 0 aliphatic heterocycles. The highest BCUT2D eigenvalue weighted by Gasteiger charge is 2.22. The van der Waals surface area contributed by atoms with Crippen LogP contribution in [-0.4, -0.2) is 15.9 Å². The van der Waals surface area contributed by atoms with Crippen LogP contribution in [0.2, 0.25) is 5.02 Å². The molecule has 30 heavy (non-hydrogen) atoms. The number of aromatic nitrogens is 2. The summed E-state index contributed by atoms with van der Waals surface area (Å²) in [5, 5.41) is 6.71. The van der Waals surface area contributed by atoms with E-state index in [-0.39, 0.29) is 22.7 Å². The lowest BCUT2D eigenvalue weighted by atomic mass is 10.1. The first-order valence-electron chi connectivity index (χ1n) is 9.33. The molecule has 0 aliphatic carbocycles. The number of aromatic amines is 1. The number of aryl methyl sites for hydroxylation is 1. The second-order valence-electron chi connectivity index (χ2n) is 6.87. The first-order chi connectivity index (χ1) is 14.4. The first kappa shape index (κ1) is 19.7. The summed E-state index contributed by atoms with van der Waals surface area (Å²) in [7, 11) is 0. The minimum Gasteiger partial charge on any atom is -0.442 e. The van der Waals surface area contributed by atoms with Crippen LogP contribution in [0.3, 0.4) is 0 Å². The lowest BCUT2D eigenvalue weighted by Gasteiger charge is -2.17. The van der Waals surface area contributed by atoms with Crippen molar-refractivity contribution in [1.29, 1.82) is 0 Å². The van der Waals surface area contributed by atoms with Gasteiger partial charge in [-0.2, -0.15) is 0 Å². The molecule has 2 aromatic carbocycles. The summed E-state index contributed by atoms with van der Waals surface area (Å²) in [5.41, 5.74) is 2.21. The SMILES string of the molecule is Cc1oc2nc[nH]c(=O)c2c1C(=O)Nc1ccc(NC(C)c2ccccc2)c(Cl)c1. The molecular weight excluding hydrogens is 404 g/mol. The van der Waals surface area contributed by atoms with Crippen molar-refractivity contribution >= 4 is 40.0 Å².